The molecule has 2 aliphatic heterocycles. The molecule has 1 N–H and O–H groups in total. The highest BCUT2D eigenvalue weighted by atomic mass is 16.6. The third-order valence-corrected chi connectivity index (χ3v) is 5.29. The van der Waals surface area contributed by atoms with Gasteiger partial charge in [-0.1, -0.05) is 6.07 Å². The van der Waals surface area contributed by atoms with Crippen molar-refractivity contribution < 1.29 is 23.9 Å². The van der Waals surface area contributed by atoms with Crippen LogP contribution in [0.5, 0.6) is 5.88 Å². The molecule has 0 spiro atoms. The van der Waals surface area contributed by atoms with Gasteiger partial charge in [0.05, 0.1) is 31.4 Å². The van der Waals surface area contributed by atoms with E-state index in [4.69, 9.17) is 14.2 Å². The number of anilines is 2. The fourth-order valence-electron chi connectivity index (χ4n) is 3.50. The summed E-state index contributed by atoms with van der Waals surface area (Å²) in [5, 5.41) is 13.7. The third kappa shape index (κ3) is 6.34. The quantitative estimate of drug-likeness (QED) is 0.454. The molecule has 4 rings (SSSR count). The van der Waals surface area contributed by atoms with Gasteiger partial charge in [-0.2, -0.15) is 4.98 Å². The van der Waals surface area contributed by atoms with Crippen LogP contribution in [-0.4, -0.2) is 91.5 Å². The van der Waals surface area contributed by atoms with Gasteiger partial charge in [0.1, 0.15) is 12.3 Å². The van der Waals surface area contributed by atoms with Gasteiger partial charge in [-0.3, -0.25) is 19.8 Å². The Bertz CT molecular complexity index is 977. The Morgan fingerprint density at radius 3 is 2.55 bits per heavy atom. The number of hydrogen-bond donors (Lipinski definition) is 1. The summed E-state index contributed by atoms with van der Waals surface area (Å²) in [5.74, 6) is 0.167. The van der Waals surface area contributed by atoms with Crippen molar-refractivity contribution in [2.24, 2.45) is 0 Å². The summed E-state index contributed by atoms with van der Waals surface area (Å²) in [4.78, 5) is 36.5. The molecular weight excluding hydrogens is 432 g/mol. The van der Waals surface area contributed by atoms with E-state index in [-0.39, 0.29) is 11.4 Å². The van der Waals surface area contributed by atoms with Crippen molar-refractivity contribution in [2.75, 3.05) is 76.0 Å². The lowest BCUT2D eigenvalue weighted by molar-refractivity contribution is -0.384. The molecule has 1 aromatic heterocycles. The molecular formula is C21H26N6O6. The second-order valence-electron chi connectivity index (χ2n) is 7.55. The van der Waals surface area contributed by atoms with Crippen LogP contribution in [-0.2, 0) is 9.47 Å². The van der Waals surface area contributed by atoms with E-state index in [1.807, 2.05) is 4.90 Å². The maximum atomic E-state index is 12.9. The average Bonchev–Trinajstić information content (AvgIpc) is 2.85. The Morgan fingerprint density at radius 2 is 1.82 bits per heavy atom. The summed E-state index contributed by atoms with van der Waals surface area (Å²) in [5.41, 5.74) is 0.298. The fraction of sp³-hybridized carbons (Fsp3) is 0.476. The topological polar surface area (TPSA) is 132 Å². The minimum atomic E-state index is -0.517. The Labute approximate surface area is 190 Å². The van der Waals surface area contributed by atoms with Gasteiger partial charge >= 0.3 is 0 Å². The van der Waals surface area contributed by atoms with Crippen molar-refractivity contribution in [2.45, 2.75) is 0 Å². The molecule has 2 aromatic rings. The number of aromatic nitrogens is 2. The van der Waals surface area contributed by atoms with Gasteiger partial charge in [0.25, 0.3) is 11.6 Å². The molecule has 3 heterocycles. The van der Waals surface area contributed by atoms with Crippen LogP contribution in [0.25, 0.3) is 0 Å². The molecule has 33 heavy (non-hydrogen) atoms. The van der Waals surface area contributed by atoms with Crippen LogP contribution in [0.15, 0.2) is 30.3 Å². The predicted octanol–water partition coefficient (Wildman–Crippen LogP) is 1.18. The molecule has 0 radical (unpaired) electrons. The van der Waals surface area contributed by atoms with E-state index < -0.39 is 10.8 Å². The first-order chi connectivity index (χ1) is 16.1. The smallest absolute Gasteiger partial charge is 0.274 e. The Kier molecular flexibility index (Phi) is 7.60. The fourth-order valence-corrected chi connectivity index (χ4v) is 3.50. The number of nitrogens with one attached hydrogen (secondary N) is 1. The van der Waals surface area contributed by atoms with E-state index in [0.29, 0.717) is 63.6 Å². The predicted molar refractivity (Wildman–Crippen MR) is 119 cm³/mol. The van der Waals surface area contributed by atoms with Gasteiger partial charge in [-0.25, -0.2) is 4.98 Å². The van der Waals surface area contributed by atoms with Gasteiger partial charge in [0.15, 0.2) is 0 Å². The van der Waals surface area contributed by atoms with Crippen LogP contribution in [0.2, 0.25) is 0 Å². The van der Waals surface area contributed by atoms with Crippen LogP contribution in [0.1, 0.15) is 10.5 Å². The number of nitrogens with zero attached hydrogens (tertiary/aromatic N) is 5. The SMILES string of the molecule is O=C(Nc1cccc([N+](=O)[O-])c1)c1cc(OCCN2CCOCC2)nc(N2CCOCC2)n1. The minimum Gasteiger partial charge on any atom is -0.476 e. The number of amides is 1. The van der Waals surface area contributed by atoms with Crippen molar-refractivity contribution in [3.8, 4) is 5.88 Å². The van der Waals surface area contributed by atoms with E-state index in [1.54, 1.807) is 6.07 Å². The van der Waals surface area contributed by atoms with Crippen molar-refractivity contribution in [3.05, 3.63) is 46.1 Å². The average molecular weight is 458 g/mol. The van der Waals surface area contributed by atoms with Crippen molar-refractivity contribution >= 4 is 23.2 Å². The normalized spacial score (nSPS) is 16.9. The zero-order valence-corrected chi connectivity index (χ0v) is 18.1. The van der Waals surface area contributed by atoms with Crippen LogP contribution in [0, 0.1) is 10.1 Å². The zero-order valence-electron chi connectivity index (χ0n) is 18.1. The Hall–Kier alpha value is -3.35. The largest absolute Gasteiger partial charge is 0.476 e. The molecule has 0 aliphatic carbocycles. The molecule has 2 fully saturated rings. The number of benzene rings is 1. The molecule has 0 atom stereocenters. The number of morpholine rings is 2. The summed E-state index contributed by atoms with van der Waals surface area (Å²) < 4.78 is 16.6. The molecule has 2 saturated heterocycles. The van der Waals surface area contributed by atoms with E-state index >= 15 is 0 Å². The maximum absolute atomic E-state index is 12.9. The number of nitro groups is 1. The van der Waals surface area contributed by atoms with Gasteiger partial charge in [-0.05, 0) is 6.07 Å². The van der Waals surface area contributed by atoms with Crippen molar-refractivity contribution in [1.82, 2.24) is 14.9 Å². The van der Waals surface area contributed by atoms with E-state index in [2.05, 4.69) is 20.2 Å². The molecule has 176 valence electrons. The molecule has 0 saturated carbocycles. The number of nitro benzene ring substituents is 1. The van der Waals surface area contributed by atoms with E-state index in [1.165, 1.54) is 24.3 Å². The monoisotopic (exact) mass is 458 g/mol. The first kappa shape index (κ1) is 22.8. The number of hydrogen-bond acceptors (Lipinski definition) is 10. The van der Waals surface area contributed by atoms with Gasteiger partial charge in [0, 0.05) is 56.6 Å². The summed E-state index contributed by atoms with van der Waals surface area (Å²) in [6, 6.07) is 7.22. The lowest BCUT2D eigenvalue weighted by Gasteiger charge is -2.27. The van der Waals surface area contributed by atoms with E-state index in [9.17, 15) is 14.9 Å². The number of carbonyl (C=O) groups excluding carboxylic acids is 1. The molecule has 12 nitrogen and oxygen atoms in total. The van der Waals surface area contributed by atoms with Gasteiger partial charge in [-0.15, -0.1) is 0 Å². The molecule has 2 aliphatic rings. The number of non-ortho nitro benzene ring substituents is 1. The minimum absolute atomic E-state index is 0.111. The number of rotatable bonds is 8. The number of carbonyl (C=O) groups is 1. The molecule has 0 unspecified atom stereocenters. The summed E-state index contributed by atoms with van der Waals surface area (Å²) in [7, 11) is 0. The van der Waals surface area contributed by atoms with Crippen LogP contribution >= 0.6 is 0 Å². The Morgan fingerprint density at radius 1 is 1.09 bits per heavy atom. The van der Waals surface area contributed by atoms with Gasteiger partial charge < -0.3 is 24.4 Å². The molecule has 1 amide bonds. The van der Waals surface area contributed by atoms with Crippen molar-refractivity contribution in [3.63, 3.8) is 0 Å². The second-order valence-corrected chi connectivity index (χ2v) is 7.55. The second kappa shape index (κ2) is 11.0. The summed E-state index contributed by atoms with van der Waals surface area (Å²) in [6.07, 6.45) is 0. The van der Waals surface area contributed by atoms with Crippen molar-refractivity contribution in [1.29, 1.82) is 0 Å². The summed E-state index contributed by atoms with van der Waals surface area (Å²) in [6.45, 7) is 6.52. The third-order valence-electron chi connectivity index (χ3n) is 5.29. The zero-order chi connectivity index (χ0) is 23.0. The molecule has 0 bridgehead atoms. The summed E-state index contributed by atoms with van der Waals surface area (Å²) >= 11 is 0. The molecule has 12 heteroatoms. The molecule has 1 aromatic carbocycles. The Balaban J connectivity index is 1.49. The first-order valence-electron chi connectivity index (χ1n) is 10.8. The highest BCUT2D eigenvalue weighted by Crippen LogP contribution is 2.20. The van der Waals surface area contributed by atoms with Gasteiger partial charge in [0.2, 0.25) is 11.8 Å². The standard InChI is InChI=1S/C21H26N6O6/c28-20(22-16-2-1-3-17(14-16)27(29)30)18-15-19(33-13-6-25-4-9-31-10-5-25)24-21(23-18)26-7-11-32-12-8-26/h1-3,14-15H,4-13H2,(H,22,28). The lowest BCUT2D eigenvalue weighted by Crippen LogP contribution is -2.39. The van der Waals surface area contributed by atoms with Crippen LogP contribution < -0.4 is 15.0 Å². The number of ether oxygens (including phenoxy) is 3. The van der Waals surface area contributed by atoms with E-state index in [0.717, 1.165) is 19.6 Å². The first-order valence-corrected chi connectivity index (χ1v) is 10.8. The highest BCUT2D eigenvalue weighted by molar-refractivity contribution is 6.03. The lowest BCUT2D eigenvalue weighted by atomic mass is 10.2. The highest BCUT2D eigenvalue weighted by Gasteiger charge is 2.20. The van der Waals surface area contributed by atoms with Crippen LogP contribution in [0.3, 0.4) is 0 Å². The maximum Gasteiger partial charge on any atom is 0.274 e. The van der Waals surface area contributed by atoms with Crippen LogP contribution in [0.4, 0.5) is 17.3 Å².